The van der Waals surface area contributed by atoms with Crippen LogP contribution in [0.1, 0.15) is 43.0 Å². The molecule has 0 radical (unpaired) electrons. The van der Waals surface area contributed by atoms with Gasteiger partial charge in [-0.3, -0.25) is 0 Å². The Labute approximate surface area is 113 Å². The number of hydrogen-bond acceptors (Lipinski definition) is 3. The van der Waals surface area contributed by atoms with Crippen molar-refractivity contribution in [2.45, 2.75) is 37.5 Å². The fourth-order valence-corrected chi connectivity index (χ4v) is 2.33. The molecule has 1 rings (SSSR count). The summed E-state index contributed by atoms with van der Waals surface area (Å²) >= 11 is 1.42. The molecular weight excluding hydrogens is 248 g/mol. The standard InChI is InChI=1S/C14H20O3S/c1-3-4-5-6-10-17-11-8-7-9-12(18-2)13(11)14(15)16/h7-9H,3-6,10H2,1-2H3,(H,15,16). The summed E-state index contributed by atoms with van der Waals surface area (Å²) in [6.45, 7) is 2.74. The van der Waals surface area contributed by atoms with Crippen LogP contribution in [-0.4, -0.2) is 23.9 Å². The van der Waals surface area contributed by atoms with Crippen molar-refractivity contribution in [3.63, 3.8) is 0 Å². The van der Waals surface area contributed by atoms with Crippen molar-refractivity contribution in [3.8, 4) is 5.75 Å². The van der Waals surface area contributed by atoms with Crippen LogP contribution in [0.5, 0.6) is 5.75 Å². The minimum Gasteiger partial charge on any atom is -0.493 e. The lowest BCUT2D eigenvalue weighted by atomic mass is 10.2. The van der Waals surface area contributed by atoms with Crippen LogP contribution in [0.15, 0.2) is 23.1 Å². The Balaban J connectivity index is 2.67. The van der Waals surface area contributed by atoms with E-state index in [0.717, 1.165) is 17.7 Å². The fraction of sp³-hybridized carbons (Fsp3) is 0.500. The van der Waals surface area contributed by atoms with Crippen molar-refractivity contribution in [3.05, 3.63) is 23.8 Å². The van der Waals surface area contributed by atoms with Gasteiger partial charge in [-0.2, -0.15) is 0 Å². The number of aromatic carboxylic acids is 1. The van der Waals surface area contributed by atoms with Crippen molar-refractivity contribution in [1.29, 1.82) is 0 Å². The number of ether oxygens (including phenoxy) is 1. The van der Waals surface area contributed by atoms with Gasteiger partial charge in [0.1, 0.15) is 11.3 Å². The predicted molar refractivity (Wildman–Crippen MR) is 74.8 cm³/mol. The zero-order chi connectivity index (χ0) is 13.4. The molecule has 0 aliphatic carbocycles. The van der Waals surface area contributed by atoms with Gasteiger partial charge in [-0.25, -0.2) is 4.79 Å². The molecule has 0 aliphatic heterocycles. The van der Waals surface area contributed by atoms with Crippen molar-refractivity contribution < 1.29 is 14.6 Å². The van der Waals surface area contributed by atoms with Crippen LogP contribution in [0, 0.1) is 0 Å². The molecular formula is C14H20O3S. The Morgan fingerprint density at radius 2 is 2.11 bits per heavy atom. The summed E-state index contributed by atoms with van der Waals surface area (Å²) in [6.07, 6.45) is 6.34. The molecule has 0 aliphatic rings. The molecule has 3 nitrogen and oxygen atoms in total. The SMILES string of the molecule is CCCCCCOc1cccc(SC)c1C(=O)O. The third kappa shape index (κ3) is 4.26. The number of hydrogen-bond donors (Lipinski definition) is 1. The van der Waals surface area contributed by atoms with Crippen LogP contribution >= 0.6 is 11.8 Å². The van der Waals surface area contributed by atoms with Crippen LogP contribution in [0.2, 0.25) is 0 Å². The number of unbranched alkanes of at least 4 members (excludes halogenated alkanes) is 3. The molecule has 0 atom stereocenters. The van der Waals surface area contributed by atoms with E-state index < -0.39 is 5.97 Å². The molecule has 4 heteroatoms. The van der Waals surface area contributed by atoms with E-state index in [1.165, 1.54) is 24.6 Å². The van der Waals surface area contributed by atoms with Crippen molar-refractivity contribution in [2.24, 2.45) is 0 Å². The van der Waals surface area contributed by atoms with Crippen molar-refractivity contribution >= 4 is 17.7 Å². The highest BCUT2D eigenvalue weighted by Crippen LogP contribution is 2.29. The first-order valence-corrected chi connectivity index (χ1v) is 7.46. The van der Waals surface area contributed by atoms with E-state index in [1.54, 1.807) is 12.1 Å². The number of carboxylic acids is 1. The molecule has 0 amide bonds. The zero-order valence-electron chi connectivity index (χ0n) is 10.9. The molecule has 18 heavy (non-hydrogen) atoms. The summed E-state index contributed by atoms with van der Waals surface area (Å²) in [6, 6.07) is 5.36. The topological polar surface area (TPSA) is 46.5 Å². The number of rotatable bonds is 8. The molecule has 0 saturated heterocycles. The lowest BCUT2D eigenvalue weighted by Crippen LogP contribution is -2.06. The van der Waals surface area contributed by atoms with E-state index >= 15 is 0 Å². The molecule has 0 heterocycles. The third-order valence-electron chi connectivity index (χ3n) is 2.68. The summed E-state index contributed by atoms with van der Waals surface area (Å²) in [5.41, 5.74) is 0.278. The summed E-state index contributed by atoms with van der Waals surface area (Å²) < 4.78 is 5.59. The highest BCUT2D eigenvalue weighted by atomic mass is 32.2. The third-order valence-corrected chi connectivity index (χ3v) is 3.46. The average Bonchev–Trinajstić information content (AvgIpc) is 2.37. The second-order valence-corrected chi connectivity index (χ2v) is 4.90. The van der Waals surface area contributed by atoms with E-state index in [9.17, 15) is 9.90 Å². The average molecular weight is 268 g/mol. The lowest BCUT2D eigenvalue weighted by Gasteiger charge is -2.11. The van der Waals surface area contributed by atoms with Gasteiger partial charge >= 0.3 is 5.97 Å². The van der Waals surface area contributed by atoms with Crippen LogP contribution in [0.3, 0.4) is 0 Å². The Morgan fingerprint density at radius 1 is 1.33 bits per heavy atom. The monoisotopic (exact) mass is 268 g/mol. The van der Waals surface area contributed by atoms with E-state index in [0.29, 0.717) is 12.4 Å². The van der Waals surface area contributed by atoms with E-state index in [2.05, 4.69) is 6.92 Å². The normalized spacial score (nSPS) is 10.3. The van der Waals surface area contributed by atoms with Crippen LogP contribution in [0.25, 0.3) is 0 Å². The Hall–Kier alpha value is -1.16. The molecule has 0 saturated carbocycles. The Kier molecular flexibility index (Phi) is 6.65. The maximum absolute atomic E-state index is 11.2. The number of carbonyl (C=O) groups is 1. The van der Waals surface area contributed by atoms with Gasteiger partial charge < -0.3 is 9.84 Å². The highest BCUT2D eigenvalue weighted by Gasteiger charge is 2.15. The Morgan fingerprint density at radius 3 is 2.72 bits per heavy atom. The second-order valence-electron chi connectivity index (χ2n) is 4.05. The molecule has 1 aromatic carbocycles. The van der Waals surface area contributed by atoms with E-state index in [4.69, 9.17) is 4.74 Å². The van der Waals surface area contributed by atoms with Gasteiger partial charge in [-0.05, 0) is 24.8 Å². The summed E-state index contributed by atoms with van der Waals surface area (Å²) in [5.74, 6) is -0.450. The van der Waals surface area contributed by atoms with Gasteiger partial charge in [-0.15, -0.1) is 11.8 Å². The first-order chi connectivity index (χ1) is 8.70. The lowest BCUT2D eigenvalue weighted by molar-refractivity contribution is 0.0688. The maximum Gasteiger partial charge on any atom is 0.340 e. The van der Waals surface area contributed by atoms with Crippen molar-refractivity contribution in [2.75, 3.05) is 12.9 Å². The molecule has 0 bridgehead atoms. The molecule has 0 unspecified atom stereocenters. The van der Waals surface area contributed by atoms with E-state index in [-0.39, 0.29) is 5.56 Å². The predicted octanol–water partition coefficient (Wildman–Crippen LogP) is 4.07. The first-order valence-electron chi connectivity index (χ1n) is 6.23. The number of carboxylic acid groups (broad SMARTS) is 1. The maximum atomic E-state index is 11.2. The molecule has 100 valence electrons. The first kappa shape index (κ1) is 14.9. The minimum atomic E-state index is -0.927. The summed E-state index contributed by atoms with van der Waals surface area (Å²) in [7, 11) is 0. The van der Waals surface area contributed by atoms with Gasteiger partial charge in [0, 0.05) is 4.90 Å². The minimum absolute atomic E-state index is 0.278. The van der Waals surface area contributed by atoms with Gasteiger partial charge in [0.25, 0.3) is 0 Å². The number of benzene rings is 1. The van der Waals surface area contributed by atoms with E-state index in [1.807, 2.05) is 12.3 Å². The van der Waals surface area contributed by atoms with Gasteiger partial charge in [0.15, 0.2) is 0 Å². The molecule has 0 aromatic heterocycles. The Bertz CT molecular complexity index is 391. The molecule has 0 spiro atoms. The molecule has 1 N–H and O–H groups in total. The molecule has 0 fully saturated rings. The highest BCUT2D eigenvalue weighted by molar-refractivity contribution is 7.98. The van der Waals surface area contributed by atoms with Crippen LogP contribution in [-0.2, 0) is 0 Å². The van der Waals surface area contributed by atoms with Crippen molar-refractivity contribution in [1.82, 2.24) is 0 Å². The zero-order valence-corrected chi connectivity index (χ0v) is 11.8. The summed E-state index contributed by atoms with van der Waals surface area (Å²) in [5, 5.41) is 9.23. The largest absolute Gasteiger partial charge is 0.493 e. The van der Waals surface area contributed by atoms with Gasteiger partial charge in [0.05, 0.1) is 6.61 Å². The van der Waals surface area contributed by atoms with Gasteiger partial charge in [-0.1, -0.05) is 32.3 Å². The van der Waals surface area contributed by atoms with Crippen LogP contribution in [0.4, 0.5) is 0 Å². The summed E-state index contributed by atoms with van der Waals surface area (Å²) in [4.78, 5) is 12.0. The second kappa shape index (κ2) is 8.03. The smallest absolute Gasteiger partial charge is 0.340 e. The number of thioether (sulfide) groups is 1. The fourth-order valence-electron chi connectivity index (χ4n) is 1.72. The van der Waals surface area contributed by atoms with Crippen LogP contribution < -0.4 is 4.74 Å². The quantitative estimate of drug-likeness (QED) is 0.570. The van der Waals surface area contributed by atoms with Gasteiger partial charge in [0.2, 0.25) is 0 Å². The molecule has 1 aromatic rings.